The first-order chi connectivity index (χ1) is 11.2. The van der Waals surface area contributed by atoms with Crippen molar-refractivity contribution in [3.63, 3.8) is 0 Å². The molecule has 3 atom stereocenters. The average molecular weight is 312 g/mol. The van der Waals surface area contributed by atoms with E-state index in [2.05, 4.69) is 9.97 Å². The molecule has 2 aliphatic rings. The zero-order valence-electron chi connectivity index (χ0n) is 13.4. The topological polar surface area (TPSA) is 66.2 Å². The van der Waals surface area contributed by atoms with Gasteiger partial charge in [-0.2, -0.15) is 0 Å². The number of aromatic nitrogens is 2. The van der Waals surface area contributed by atoms with Gasteiger partial charge in [0.2, 0.25) is 5.88 Å². The lowest BCUT2D eigenvalue weighted by Crippen LogP contribution is -1.98. The van der Waals surface area contributed by atoms with Crippen LogP contribution in [0.1, 0.15) is 50.6 Å². The van der Waals surface area contributed by atoms with Crippen molar-refractivity contribution in [3.05, 3.63) is 23.9 Å². The first-order valence-corrected chi connectivity index (χ1v) is 8.87. The summed E-state index contributed by atoms with van der Waals surface area (Å²) in [6, 6.07) is 4.87. The van der Waals surface area contributed by atoms with Gasteiger partial charge in [0.05, 0.1) is 11.0 Å². The van der Waals surface area contributed by atoms with Gasteiger partial charge in [-0.3, -0.25) is 0 Å². The molecule has 0 aliphatic heterocycles. The molecule has 4 nitrogen and oxygen atoms in total. The summed E-state index contributed by atoms with van der Waals surface area (Å²) < 4.78 is 0. The Labute approximate surface area is 136 Å². The van der Waals surface area contributed by atoms with E-state index in [9.17, 15) is 10.2 Å². The predicted octanol–water partition coefficient (Wildman–Crippen LogP) is 4.19. The van der Waals surface area contributed by atoms with Gasteiger partial charge < -0.3 is 10.2 Å². The summed E-state index contributed by atoms with van der Waals surface area (Å²) in [5.41, 5.74) is 1.93. The third kappa shape index (κ3) is 3.26. The number of phenolic OH excluding ortho intramolecular Hbond substituents is 1. The summed E-state index contributed by atoms with van der Waals surface area (Å²) in [5, 5.41) is 19.5. The lowest BCUT2D eigenvalue weighted by atomic mass is 9.96. The van der Waals surface area contributed by atoms with E-state index < -0.39 is 0 Å². The Hall–Kier alpha value is -1.84. The van der Waals surface area contributed by atoms with Crippen LogP contribution < -0.4 is 0 Å². The van der Waals surface area contributed by atoms with E-state index in [-0.39, 0.29) is 11.6 Å². The molecule has 0 amide bonds. The van der Waals surface area contributed by atoms with Gasteiger partial charge in [-0.1, -0.05) is 19.3 Å². The van der Waals surface area contributed by atoms with E-state index in [1.165, 1.54) is 44.6 Å². The molecule has 4 rings (SSSR count). The van der Waals surface area contributed by atoms with Crippen LogP contribution in [0.15, 0.2) is 18.2 Å². The van der Waals surface area contributed by atoms with Crippen LogP contribution in [-0.2, 0) is 6.42 Å². The van der Waals surface area contributed by atoms with Crippen molar-refractivity contribution in [2.75, 3.05) is 0 Å². The Morgan fingerprint density at radius 1 is 0.913 bits per heavy atom. The summed E-state index contributed by atoms with van der Waals surface area (Å²) in [4.78, 5) is 8.63. The number of fused-ring (bicyclic) bond motifs is 2. The Balaban J connectivity index is 1.27. The van der Waals surface area contributed by atoms with Gasteiger partial charge in [0, 0.05) is 6.07 Å². The molecule has 0 bridgehead atoms. The molecular formula is C19H24N2O2. The number of aryl methyl sites for hydroxylation is 1. The highest BCUT2D eigenvalue weighted by Crippen LogP contribution is 2.55. The third-order valence-electron chi connectivity index (χ3n) is 5.57. The zero-order valence-corrected chi connectivity index (χ0v) is 13.4. The van der Waals surface area contributed by atoms with Crippen LogP contribution in [0.3, 0.4) is 0 Å². The van der Waals surface area contributed by atoms with Gasteiger partial charge in [0.15, 0.2) is 0 Å². The van der Waals surface area contributed by atoms with E-state index in [4.69, 9.17) is 0 Å². The fourth-order valence-electron chi connectivity index (χ4n) is 4.22. The standard InChI is InChI=1S/C19H24N2O2/c22-15-6-7-16-18(11-15)21-19(23)17(20-16)5-3-1-2-4-12-8-13-10-14(13)9-12/h6-7,11-14,22H,1-5,8-10H2,(H,21,23)/t12-,13-,14+. The first-order valence-electron chi connectivity index (χ1n) is 8.87. The number of rotatable bonds is 6. The highest BCUT2D eigenvalue weighted by Gasteiger charge is 2.45. The summed E-state index contributed by atoms with van der Waals surface area (Å²) in [7, 11) is 0. The third-order valence-corrected chi connectivity index (χ3v) is 5.57. The molecule has 1 heterocycles. The van der Waals surface area contributed by atoms with Crippen LogP contribution >= 0.6 is 0 Å². The fraction of sp³-hybridized carbons (Fsp3) is 0.579. The molecule has 23 heavy (non-hydrogen) atoms. The Kier molecular flexibility index (Phi) is 3.83. The minimum absolute atomic E-state index is 0.000944. The second-order valence-electron chi connectivity index (χ2n) is 7.36. The first kappa shape index (κ1) is 14.7. The summed E-state index contributed by atoms with van der Waals surface area (Å²) in [6.07, 6.45) is 10.1. The van der Waals surface area contributed by atoms with Crippen LogP contribution in [0.5, 0.6) is 11.6 Å². The van der Waals surface area contributed by atoms with Crippen LogP contribution in [0.25, 0.3) is 11.0 Å². The van der Waals surface area contributed by atoms with Crippen LogP contribution in [0.2, 0.25) is 0 Å². The van der Waals surface area contributed by atoms with E-state index >= 15 is 0 Å². The second-order valence-corrected chi connectivity index (χ2v) is 7.36. The number of unbranched alkanes of at least 4 members (excludes halogenated alkanes) is 2. The second kappa shape index (κ2) is 5.99. The molecule has 4 heteroatoms. The molecule has 0 spiro atoms. The summed E-state index contributed by atoms with van der Waals surface area (Å²) >= 11 is 0. The molecule has 0 saturated heterocycles. The maximum atomic E-state index is 10.0. The van der Waals surface area contributed by atoms with Crippen molar-refractivity contribution in [3.8, 4) is 11.6 Å². The predicted molar refractivity (Wildman–Crippen MR) is 89.4 cm³/mol. The fourth-order valence-corrected chi connectivity index (χ4v) is 4.22. The van der Waals surface area contributed by atoms with E-state index in [0.717, 1.165) is 36.1 Å². The van der Waals surface area contributed by atoms with Gasteiger partial charge in [-0.05, 0) is 62.0 Å². The van der Waals surface area contributed by atoms with Crippen molar-refractivity contribution in [1.29, 1.82) is 0 Å². The Morgan fingerprint density at radius 3 is 2.57 bits per heavy atom. The van der Waals surface area contributed by atoms with Gasteiger partial charge >= 0.3 is 0 Å². The molecule has 122 valence electrons. The normalized spacial score (nSPS) is 25.7. The van der Waals surface area contributed by atoms with Crippen LogP contribution in [-0.4, -0.2) is 20.2 Å². The smallest absolute Gasteiger partial charge is 0.233 e. The van der Waals surface area contributed by atoms with Crippen LogP contribution in [0, 0.1) is 17.8 Å². The molecule has 2 aliphatic carbocycles. The Bertz CT molecular complexity index is 706. The number of hydrogen-bond donors (Lipinski definition) is 2. The number of benzene rings is 1. The van der Waals surface area contributed by atoms with Crippen molar-refractivity contribution in [2.45, 2.75) is 51.4 Å². The summed E-state index contributed by atoms with van der Waals surface area (Å²) in [5.74, 6) is 3.30. The van der Waals surface area contributed by atoms with Crippen LogP contribution in [0.4, 0.5) is 0 Å². The minimum Gasteiger partial charge on any atom is -0.508 e. The minimum atomic E-state index is -0.000944. The molecule has 2 fully saturated rings. The van der Waals surface area contributed by atoms with E-state index in [0.29, 0.717) is 11.2 Å². The lowest BCUT2D eigenvalue weighted by molar-refractivity contribution is 0.423. The molecule has 1 aromatic heterocycles. The van der Waals surface area contributed by atoms with E-state index in [1.54, 1.807) is 12.1 Å². The largest absolute Gasteiger partial charge is 0.508 e. The van der Waals surface area contributed by atoms with Gasteiger partial charge in [0.25, 0.3) is 0 Å². The van der Waals surface area contributed by atoms with Gasteiger partial charge in [-0.25, -0.2) is 9.97 Å². The number of nitrogens with zero attached hydrogens (tertiary/aromatic N) is 2. The van der Waals surface area contributed by atoms with Crippen molar-refractivity contribution >= 4 is 11.0 Å². The molecular weight excluding hydrogens is 288 g/mol. The monoisotopic (exact) mass is 312 g/mol. The molecule has 2 saturated carbocycles. The van der Waals surface area contributed by atoms with Crippen molar-refractivity contribution in [1.82, 2.24) is 9.97 Å². The number of hydrogen-bond acceptors (Lipinski definition) is 4. The van der Waals surface area contributed by atoms with E-state index in [1.807, 2.05) is 0 Å². The number of aromatic hydroxyl groups is 2. The maximum Gasteiger partial charge on any atom is 0.233 e. The highest BCUT2D eigenvalue weighted by atomic mass is 16.3. The van der Waals surface area contributed by atoms with Crippen molar-refractivity contribution < 1.29 is 10.2 Å². The number of phenols is 1. The Morgan fingerprint density at radius 2 is 1.74 bits per heavy atom. The summed E-state index contributed by atoms with van der Waals surface area (Å²) in [6.45, 7) is 0. The van der Waals surface area contributed by atoms with Gasteiger partial charge in [-0.15, -0.1) is 0 Å². The maximum absolute atomic E-state index is 10.0. The molecule has 2 aromatic rings. The SMILES string of the molecule is Oc1ccc2nc(CCCCC[C@@H]3C[C@@H]4C[C@@H]4C3)c(O)nc2c1. The lowest BCUT2D eigenvalue weighted by Gasteiger charge is -2.11. The highest BCUT2D eigenvalue weighted by molar-refractivity contribution is 5.76. The zero-order chi connectivity index (χ0) is 15.8. The molecule has 1 aromatic carbocycles. The molecule has 0 unspecified atom stereocenters. The quantitative estimate of drug-likeness (QED) is 0.785. The molecule has 0 radical (unpaired) electrons. The average Bonchev–Trinajstić information content (AvgIpc) is 3.14. The molecule has 2 N–H and O–H groups in total. The van der Waals surface area contributed by atoms with Gasteiger partial charge in [0.1, 0.15) is 11.4 Å². The van der Waals surface area contributed by atoms with Crippen molar-refractivity contribution in [2.24, 2.45) is 17.8 Å².